The summed E-state index contributed by atoms with van der Waals surface area (Å²) in [6.45, 7) is 4.26. The molecule has 136 valence electrons. The van der Waals surface area contributed by atoms with Crippen LogP contribution in [0.25, 0.3) is 11.0 Å². The largest absolute Gasteiger partial charge is 0.468 e. The predicted molar refractivity (Wildman–Crippen MR) is 104 cm³/mol. The van der Waals surface area contributed by atoms with Gasteiger partial charge in [-0.1, -0.05) is 38.1 Å². The molecule has 0 radical (unpaired) electrons. The van der Waals surface area contributed by atoms with Crippen LogP contribution >= 0.6 is 0 Å². The van der Waals surface area contributed by atoms with Gasteiger partial charge in [0.05, 0.1) is 24.2 Å². The second-order valence-corrected chi connectivity index (χ2v) is 6.43. The van der Waals surface area contributed by atoms with Gasteiger partial charge in [0.25, 0.3) is 0 Å². The van der Waals surface area contributed by atoms with Gasteiger partial charge < -0.3 is 10.1 Å². The molecule has 0 fully saturated rings. The molecule has 6 heteroatoms. The third kappa shape index (κ3) is 3.87. The fourth-order valence-corrected chi connectivity index (χ4v) is 2.74. The quantitative estimate of drug-likeness (QED) is 0.683. The van der Waals surface area contributed by atoms with E-state index in [0.717, 1.165) is 5.69 Å². The lowest BCUT2D eigenvalue weighted by Gasteiger charge is -2.15. The lowest BCUT2D eigenvalue weighted by Crippen LogP contribution is -2.16. The first-order valence-electron chi connectivity index (χ1n) is 8.64. The minimum atomic E-state index is -1.16. The predicted octanol–water partition coefficient (Wildman–Crippen LogP) is 4.28. The maximum Gasteiger partial charge on any atom is 0.329 e. The van der Waals surface area contributed by atoms with Crippen molar-refractivity contribution in [3.05, 3.63) is 59.8 Å². The van der Waals surface area contributed by atoms with Gasteiger partial charge in [0.2, 0.25) is 0 Å². The van der Waals surface area contributed by atoms with Crippen molar-refractivity contribution in [1.29, 1.82) is 5.26 Å². The summed E-state index contributed by atoms with van der Waals surface area (Å²) in [4.78, 5) is 21.2. The summed E-state index contributed by atoms with van der Waals surface area (Å²) < 4.78 is 4.76. The van der Waals surface area contributed by atoms with Gasteiger partial charge in [-0.15, -0.1) is 0 Å². The van der Waals surface area contributed by atoms with E-state index in [9.17, 15) is 10.1 Å². The van der Waals surface area contributed by atoms with Gasteiger partial charge in [-0.05, 0) is 35.7 Å². The lowest BCUT2D eigenvalue weighted by molar-refractivity contribution is -0.141. The maximum absolute atomic E-state index is 12.1. The number of ether oxygens (including phenoxy) is 1. The number of carbonyl (C=O) groups excluding carboxylic acids is 1. The highest BCUT2D eigenvalue weighted by Crippen LogP contribution is 2.28. The summed E-state index contributed by atoms with van der Waals surface area (Å²) in [5.74, 6) is -1.04. The smallest absolute Gasteiger partial charge is 0.329 e. The summed E-state index contributed by atoms with van der Waals surface area (Å²) in [6, 6.07) is 17.2. The SMILES string of the molecule is COC(=O)C(C#N)c1nc2ccccc2nc1Nc1ccc(C(C)C)cc1. The molecule has 6 nitrogen and oxygen atoms in total. The van der Waals surface area contributed by atoms with E-state index in [4.69, 9.17) is 4.74 Å². The zero-order chi connectivity index (χ0) is 19.4. The number of methoxy groups -OCH3 is 1. The van der Waals surface area contributed by atoms with Gasteiger partial charge in [-0.2, -0.15) is 5.26 Å². The van der Waals surface area contributed by atoms with Crippen molar-refractivity contribution in [1.82, 2.24) is 9.97 Å². The van der Waals surface area contributed by atoms with Crippen LogP contribution < -0.4 is 5.32 Å². The number of benzene rings is 2. The molecule has 2 aromatic carbocycles. The fourth-order valence-electron chi connectivity index (χ4n) is 2.74. The molecule has 1 atom stereocenters. The molecule has 0 saturated heterocycles. The van der Waals surface area contributed by atoms with E-state index < -0.39 is 11.9 Å². The van der Waals surface area contributed by atoms with Crippen LogP contribution in [0, 0.1) is 11.3 Å². The Morgan fingerprint density at radius 3 is 2.26 bits per heavy atom. The number of nitrogens with zero attached hydrogens (tertiary/aromatic N) is 3. The third-order valence-corrected chi connectivity index (χ3v) is 4.28. The normalized spacial score (nSPS) is 11.8. The van der Waals surface area contributed by atoms with E-state index in [-0.39, 0.29) is 5.69 Å². The highest BCUT2D eigenvalue weighted by atomic mass is 16.5. The number of esters is 1. The Morgan fingerprint density at radius 1 is 1.07 bits per heavy atom. The first-order chi connectivity index (χ1) is 13.0. The number of aromatic nitrogens is 2. The number of anilines is 2. The fraction of sp³-hybridized carbons (Fsp3) is 0.238. The van der Waals surface area contributed by atoms with Crippen LogP contribution in [-0.4, -0.2) is 23.0 Å². The molecule has 0 spiro atoms. The molecule has 0 amide bonds. The number of para-hydroxylation sites is 2. The second kappa shape index (κ2) is 7.83. The maximum atomic E-state index is 12.1. The number of nitriles is 1. The van der Waals surface area contributed by atoms with Crippen LogP contribution in [0.1, 0.15) is 36.9 Å². The van der Waals surface area contributed by atoms with Gasteiger partial charge in [0.15, 0.2) is 11.7 Å². The Bertz CT molecular complexity index is 1010. The number of carbonyl (C=O) groups is 1. The first-order valence-corrected chi connectivity index (χ1v) is 8.64. The first kappa shape index (κ1) is 18.3. The third-order valence-electron chi connectivity index (χ3n) is 4.28. The topological polar surface area (TPSA) is 87.9 Å². The van der Waals surface area contributed by atoms with Crippen molar-refractivity contribution in [2.45, 2.75) is 25.7 Å². The molecule has 0 aliphatic carbocycles. The van der Waals surface area contributed by atoms with Crippen molar-refractivity contribution in [2.24, 2.45) is 0 Å². The van der Waals surface area contributed by atoms with Crippen LogP contribution in [0.4, 0.5) is 11.5 Å². The summed E-state index contributed by atoms with van der Waals surface area (Å²) in [6.07, 6.45) is 0. The van der Waals surface area contributed by atoms with Crippen molar-refractivity contribution in [2.75, 3.05) is 12.4 Å². The van der Waals surface area contributed by atoms with Gasteiger partial charge >= 0.3 is 5.97 Å². The number of hydrogen-bond acceptors (Lipinski definition) is 6. The van der Waals surface area contributed by atoms with Gasteiger partial charge in [0, 0.05) is 5.69 Å². The van der Waals surface area contributed by atoms with E-state index in [1.54, 1.807) is 6.07 Å². The summed E-state index contributed by atoms with van der Waals surface area (Å²) >= 11 is 0. The van der Waals surface area contributed by atoms with Crippen LogP contribution in [0.2, 0.25) is 0 Å². The Hall–Kier alpha value is -3.46. The standard InChI is InChI=1S/C21H20N4O2/c1-13(2)14-8-10-15(11-9-14)23-20-19(16(12-22)21(26)27-3)24-17-6-4-5-7-18(17)25-20/h4-11,13,16H,1-3H3,(H,23,25). The molecule has 1 unspecified atom stereocenters. The number of nitrogens with one attached hydrogen (secondary N) is 1. The van der Waals surface area contributed by atoms with Gasteiger partial charge in [-0.3, -0.25) is 4.79 Å². The van der Waals surface area contributed by atoms with Crippen molar-refractivity contribution < 1.29 is 9.53 Å². The average molecular weight is 360 g/mol. The Morgan fingerprint density at radius 2 is 1.70 bits per heavy atom. The van der Waals surface area contributed by atoms with Crippen LogP contribution in [-0.2, 0) is 9.53 Å². The molecule has 0 bridgehead atoms. The van der Waals surface area contributed by atoms with Gasteiger partial charge in [-0.25, -0.2) is 9.97 Å². The summed E-state index contributed by atoms with van der Waals surface area (Å²) in [5.41, 5.74) is 3.54. The number of hydrogen-bond donors (Lipinski definition) is 1. The van der Waals surface area contributed by atoms with E-state index in [1.807, 2.05) is 48.5 Å². The van der Waals surface area contributed by atoms with Crippen molar-refractivity contribution >= 4 is 28.5 Å². The Balaban J connectivity index is 2.07. The minimum Gasteiger partial charge on any atom is -0.468 e. The molecule has 1 heterocycles. The van der Waals surface area contributed by atoms with E-state index in [0.29, 0.717) is 22.8 Å². The molecule has 1 aromatic heterocycles. The molecule has 1 N–H and O–H groups in total. The number of rotatable bonds is 5. The lowest BCUT2D eigenvalue weighted by atomic mass is 10.0. The average Bonchev–Trinajstić information content (AvgIpc) is 2.69. The monoisotopic (exact) mass is 360 g/mol. The molecule has 3 rings (SSSR count). The molecule has 0 aliphatic rings. The highest BCUT2D eigenvalue weighted by molar-refractivity contribution is 5.85. The van der Waals surface area contributed by atoms with Crippen LogP contribution in [0.15, 0.2) is 48.5 Å². The van der Waals surface area contributed by atoms with Gasteiger partial charge in [0.1, 0.15) is 5.69 Å². The molecule has 3 aromatic rings. The van der Waals surface area contributed by atoms with Crippen LogP contribution in [0.3, 0.4) is 0 Å². The Kier molecular flexibility index (Phi) is 5.32. The van der Waals surface area contributed by atoms with Crippen molar-refractivity contribution in [3.8, 4) is 6.07 Å². The van der Waals surface area contributed by atoms with E-state index in [2.05, 4.69) is 29.1 Å². The molecule has 0 aliphatic heterocycles. The molecular formula is C21H20N4O2. The van der Waals surface area contributed by atoms with E-state index >= 15 is 0 Å². The summed E-state index contributed by atoms with van der Waals surface area (Å²) in [7, 11) is 1.25. The highest BCUT2D eigenvalue weighted by Gasteiger charge is 2.27. The molecule has 0 saturated carbocycles. The molecule has 27 heavy (non-hydrogen) atoms. The minimum absolute atomic E-state index is 0.246. The number of fused-ring (bicyclic) bond motifs is 1. The van der Waals surface area contributed by atoms with E-state index in [1.165, 1.54) is 12.7 Å². The van der Waals surface area contributed by atoms with Crippen molar-refractivity contribution in [3.63, 3.8) is 0 Å². The molecular weight excluding hydrogens is 340 g/mol. The summed E-state index contributed by atoms with van der Waals surface area (Å²) in [5, 5.41) is 12.7. The zero-order valence-electron chi connectivity index (χ0n) is 15.4. The Labute approximate surface area is 157 Å². The van der Waals surface area contributed by atoms with Crippen LogP contribution in [0.5, 0.6) is 0 Å². The zero-order valence-corrected chi connectivity index (χ0v) is 15.4. The second-order valence-electron chi connectivity index (χ2n) is 6.43.